The van der Waals surface area contributed by atoms with Gasteiger partial charge in [0.25, 0.3) is 5.69 Å². The number of nitrogens with zero attached hydrogens (tertiary/aromatic N) is 2. The molecule has 0 aliphatic carbocycles. The van der Waals surface area contributed by atoms with E-state index in [1.165, 1.54) is 26.0 Å². The van der Waals surface area contributed by atoms with Gasteiger partial charge in [0.15, 0.2) is 0 Å². The molecule has 1 heterocycles. The minimum absolute atomic E-state index is 0.0644. The third kappa shape index (κ3) is 2.91. The van der Waals surface area contributed by atoms with Gasteiger partial charge in [-0.2, -0.15) is 0 Å². The van der Waals surface area contributed by atoms with Gasteiger partial charge in [-0.15, -0.1) is 0 Å². The van der Waals surface area contributed by atoms with Crippen molar-refractivity contribution < 1.29 is 24.7 Å². The van der Waals surface area contributed by atoms with Crippen LogP contribution in [-0.4, -0.2) is 32.1 Å². The van der Waals surface area contributed by atoms with Crippen molar-refractivity contribution in [3.63, 3.8) is 0 Å². The summed E-state index contributed by atoms with van der Waals surface area (Å²) in [7, 11) is 0. The first-order chi connectivity index (χ1) is 11.1. The summed E-state index contributed by atoms with van der Waals surface area (Å²) >= 11 is 5.76. The summed E-state index contributed by atoms with van der Waals surface area (Å²) in [6.07, 6.45) is 0. The molecule has 0 spiro atoms. The molecule has 0 aliphatic heterocycles. The second kappa shape index (κ2) is 6.25. The number of nitro benzene ring substituents is 1. The predicted octanol–water partition coefficient (Wildman–Crippen LogP) is 3.32. The van der Waals surface area contributed by atoms with Crippen LogP contribution in [0, 0.1) is 24.0 Å². The van der Waals surface area contributed by atoms with Gasteiger partial charge in [-0.05, 0) is 25.5 Å². The maximum atomic E-state index is 11.6. The molecule has 0 unspecified atom stereocenters. The van der Waals surface area contributed by atoms with Crippen molar-refractivity contribution in [1.29, 1.82) is 0 Å². The van der Waals surface area contributed by atoms with Gasteiger partial charge in [0.05, 0.1) is 27.4 Å². The molecule has 0 radical (unpaired) electrons. The minimum atomic E-state index is -1.38. The molecule has 2 aromatic rings. The van der Waals surface area contributed by atoms with Crippen LogP contribution in [0.1, 0.15) is 32.1 Å². The monoisotopic (exact) mass is 350 g/mol. The predicted molar refractivity (Wildman–Crippen MR) is 84.7 cm³/mol. The van der Waals surface area contributed by atoms with E-state index in [4.69, 9.17) is 11.6 Å². The summed E-state index contributed by atoms with van der Waals surface area (Å²) in [5.74, 6) is -2.76. The van der Waals surface area contributed by atoms with Gasteiger partial charge in [-0.1, -0.05) is 17.7 Å². The van der Waals surface area contributed by atoms with E-state index in [0.29, 0.717) is 0 Å². The molecule has 0 aliphatic rings. The van der Waals surface area contributed by atoms with Gasteiger partial charge in [-0.3, -0.25) is 15.1 Å². The average molecular weight is 351 g/mol. The van der Waals surface area contributed by atoms with Gasteiger partial charge >= 0.3 is 11.9 Å². The molecule has 0 fully saturated rings. The fourth-order valence-electron chi connectivity index (χ4n) is 2.47. The van der Waals surface area contributed by atoms with Crippen LogP contribution in [-0.2, 0) is 0 Å². The van der Waals surface area contributed by atoms with Gasteiger partial charge in [0.2, 0.25) is 0 Å². The number of aryl methyl sites for hydroxylation is 2. The number of benzene rings is 1. The second-order valence-corrected chi connectivity index (χ2v) is 5.35. The third-order valence-corrected chi connectivity index (χ3v) is 3.74. The average Bonchev–Trinajstić information content (AvgIpc) is 2.45. The van der Waals surface area contributed by atoms with E-state index in [2.05, 4.69) is 4.98 Å². The smallest absolute Gasteiger partial charge is 0.338 e. The van der Waals surface area contributed by atoms with Crippen molar-refractivity contribution in [2.24, 2.45) is 0 Å². The topological polar surface area (TPSA) is 131 Å². The number of rotatable bonds is 4. The zero-order valence-electron chi connectivity index (χ0n) is 12.5. The Balaban J connectivity index is 2.96. The minimum Gasteiger partial charge on any atom is -0.478 e. The lowest BCUT2D eigenvalue weighted by molar-refractivity contribution is -0.384. The van der Waals surface area contributed by atoms with E-state index < -0.39 is 22.5 Å². The van der Waals surface area contributed by atoms with Crippen molar-refractivity contribution in [1.82, 2.24) is 4.98 Å². The fourth-order valence-corrected chi connectivity index (χ4v) is 2.66. The van der Waals surface area contributed by atoms with Crippen LogP contribution < -0.4 is 0 Å². The number of aromatic carboxylic acids is 2. The third-order valence-electron chi connectivity index (χ3n) is 3.42. The molecule has 8 nitrogen and oxygen atoms in total. The molecule has 9 heteroatoms. The lowest BCUT2D eigenvalue weighted by Gasteiger charge is -2.14. The highest BCUT2D eigenvalue weighted by molar-refractivity contribution is 6.32. The Morgan fingerprint density at radius 3 is 2.04 bits per heavy atom. The summed E-state index contributed by atoms with van der Waals surface area (Å²) in [5.41, 5.74) is -0.956. The maximum absolute atomic E-state index is 11.6. The van der Waals surface area contributed by atoms with Gasteiger partial charge in [-0.25, -0.2) is 9.59 Å². The Morgan fingerprint density at radius 1 is 1.12 bits per heavy atom. The van der Waals surface area contributed by atoms with Crippen LogP contribution in [0.5, 0.6) is 0 Å². The molecule has 0 bridgehead atoms. The molecular formula is C15H11ClN2O6. The fraction of sp³-hybridized carbons (Fsp3) is 0.133. The highest BCUT2D eigenvalue weighted by atomic mass is 35.5. The standard InChI is InChI=1S/C15H11ClN2O6/c1-6-11(14(19)20)13(12(15(21)22)7(2)17-6)8-3-4-9(16)10(5-8)18(23)24/h3-5H,1-2H3,(H,19,20)(H,21,22). The quantitative estimate of drug-likeness (QED) is 0.638. The number of hydrogen-bond donors (Lipinski definition) is 2. The Labute approximate surface area is 140 Å². The van der Waals surface area contributed by atoms with Gasteiger partial charge in [0, 0.05) is 11.6 Å². The van der Waals surface area contributed by atoms with Crippen molar-refractivity contribution in [3.05, 3.63) is 55.9 Å². The number of aromatic nitrogens is 1. The number of carboxylic acid groups (broad SMARTS) is 2. The Bertz CT molecular complexity index is 856. The van der Waals surface area contributed by atoms with Crippen LogP contribution in [0.15, 0.2) is 18.2 Å². The second-order valence-electron chi connectivity index (χ2n) is 4.94. The molecular weight excluding hydrogens is 340 g/mol. The first kappa shape index (κ1) is 17.4. The Kier molecular flexibility index (Phi) is 4.52. The summed E-state index contributed by atoms with van der Waals surface area (Å²) in [4.78, 5) is 37.5. The molecule has 0 atom stereocenters. The summed E-state index contributed by atoms with van der Waals surface area (Å²) < 4.78 is 0. The molecule has 1 aromatic heterocycles. The number of halogens is 1. The highest BCUT2D eigenvalue weighted by Gasteiger charge is 2.27. The lowest BCUT2D eigenvalue weighted by atomic mass is 9.92. The van der Waals surface area contributed by atoms with Crippen LogP contribution in [0.4, 0.5) is 5.69 Å². The zero-order valence-corrected chi connectivity index (χ0v) is 13.3. The summed E-state index contributed by atoms with van der Waals surface area (Å²) in [6.45, 7) is 2.85. The van der Waals surface area contributed by atoms with E-state index in [9.17, 15) is 29.9 Å². The van der Waals surface area contributed by atoms with Crippen LogP contribution >= 0.6 is 11.6 Å². The normalized spacial score (nSPS) is 10.5. The number of pyridine rings is 1. The SMILES string of the molecule is Cc1nc(C)c(C(=O)O)c(-c2ccc(Cl)c([N+](=O)[O-])c2)c1C(=O)O. The number of hydrogen-bond acceptors (Lipinski definition) is 5. The molecule has 0 saturated heterocycles. The molecule has 124 valence electrons. The molecule has 0 saturated carbocycles. The molecule has 0 amide bonds. The number of carbonyl (C=O) groups is 2. The van der Waals surface area contributed by atoms with E-state index in [1.807, 2.05) is 0 Å². The van der Waals surface area contributed by atoms with Crippen molar-refractivity contribution in [3.8, 4) is 11.1 Å². The first-order valence-corrected chi connectivity index (χ1v) is 6.95. The largest absolute Gasteiger partial charge is 0.478 e. The van der Waals surface area contributed by atoms with E-state index in [0.717, 1.165) is 6.07 Å². The van der Waals surface area contributed by atoms with E-state index >= 15 is 0 Å². The van der Waals surface area contributed by atoms with E-state index in [-0.39, 0.29) is 38.7 Å². The summed E-state index contributed by atoms with van der Waals surface area (Å²) in [5, 5.41) is 29.8. The Morgan fingerprint density at radius 2 is 1.62 bits per heavy atom. The number of carboxylic acids is 2. The molecule has 24 heavy (non-hydrogen) atoms. The molecule has 2 rings (SSSR count). The van der Waals surface area contributed by atoms with E-state index in [1.54, 1.807) is 0 Å². The van der Waals surface area contributed by atoms with Gasteiger partial charge in [0.1, 0.15) is 5.02 Å². The first-order valence-electron chi connectivity index (χ1n) is 6.57. The van der Waals surface area contributed by atoms with Crippen LogP contribution in [0.2, 0.25) is 5.02 Å². The van der Waals surface area contributed by atoms with Crippen LogP contribution in [0.25, 0.3) is 11.1 Å². The van der Waals surface area contributed by atoms with Crippen molar-refractivity contribution in [2.75, 3.05) is 0 Å². The molecule has 2 N–H and O–H groups in total. The van der Waals surface area contributed by atoms with Crippen molar-refractivity contribution in [2.45, 2.75) is 13.8 Å². The Hall–Kier alpha value is -3.00. The maximum Gasteiger partial charge on any atom is 0.338 e. The zero-order chi connectivity index (χ0) is 18.2. The number of nitro groups is 1. The van der Waals surface area contributed by atoms with Crippen LogP contribution in [0.3, 0.4) is 0 Å². The highest BCUT2D eigenvalue weighted by Crippen LogP contribution is 2.35. The van der Waals surface area contributed by atoms with Gasteiger partial charge < -0.3 is 10.2 Å². The molecule has 1 aromatic carbocycles. The summed E-state index contributed by atoms with van der Waals surface area (Å²) in [6, 6.07) is 3.61. The van der Waals surface area contributed by atoms with Crippen molar-refractivity contribution >= 4 is 29.2 Å². The lowest BCUT2D eigenvalue weighted by Crippen LogP contribution is -2.13.